The summed E-state index contributed by atoms with van der Waals surface area (Å²) >= 11 is 2.99. The summed E-state index contributed by atoms with van der Waals surface area (Å²) in [5.74, 6) is -0.540. The van der Waals surface area contributed by atoms with Crippen molar-refractivity contribution in [3.63, 3.8) is 0 Å². The Bertz CT molecular complexity index is 382. The Morgan fingerprint density at radius 1 is 1.24 bits per heavy atom. The summed E-state index contributed by atoms with van der Waals surface area (Å²) in [7, 11) is 0. The second-order valence-electron chi connectivity index (χ2n) is 4.21. The van der Waals surface area contributed by atoms with Crippen LogP contribution in [0.3, 0.4) is 0 Å². The van der Waals surface area contributed by atoms with Crippen molar-refractivity contribution in [2.45, 2.75) is 33.2 Å². The first-order valence-corrected chi connectivity index (χ1v) is 6.68. The zero-order valence-corrected chi connectivity index (χ0v) is 11.9. The van der Waals surface area contributed by atoms with Crippen LogP contribution in [-0.2, 0) is 0 Å². The third-order valence-electron chi connectivity index (χ3n) is 3.01. The average molecular weight is 306 g/mol. The van der Waals surface area contributed by atoms with E-state index in [-0.39, 0.29) is 22.2 Å². The van der Waals surface area contributed by atoms with E-state index in [0.29, 0.717) is 5.56 Å². The molecule has 0 spiro atoms. The molecule has 1 rings (SSSR count). The van der Waals surface area contributed by atoms with Crippen molar-refractivity contribution in [1.82, 2.24) is 5.32 Å². The first kappa shape index (κ1) is 14.6. The highest BCUT2D eigenvalue weighted by atomic mass is 79.9. The highest BCUT2D eigenvalue weighted by molar-refractivity contribution is 9.10. The maximum atomic E-state index is 13.9. The normalized spacial score (nSPS) is 14.7. The van der Waals surface area contributed by atoms with E-state index in [2.05, 4.69) is 21.2 Å². The highest BCUT2D eigenvalue weighted by Crippen LogP contribution is 2.29. The molecule has 0 bridgehead atoms. The lowest BCUT2D eigenvalue weighted by Gasteiger charge is -2.25. The fourth-order valence-electron chi connectivity index (χ4n) is 1.85. The van der Waals surface area contributed by atoms with Crippen molar-refractivity contribution in [3.8, 4) is 0 Å². The second-order valence-corrected chi connectivity index (χ2v) is 5.06. The van der Waals surface area contributed by atoms with Gasteiger partial charge in [0.25, 0.3) is 0 Å². The molecule has 1 nitrogen and oxygen atoms in total. The molecule has 17 heavy (non-hydrogen) atoms. The van der Waals surface area contributed by atoms with Gasteiger partial charge in [-0.3, -0.25) is 0 Å². The van der Waals surface area contributed by atoms with Crippen molar-refractivity contribution in [3.05, 3.63) is 33.8 Å². The summed E-state index contributed by atoms with van der Waals surface area (Å²) in [5, 5.41) is 3.22. The molecule has 0 fully saturated rings. The zero-order chi connectivity index (χ0) is 13.0. The van der Waals surface area contributed by atoms with Gasteiger partial charge in [0.1, 0.15) is 11.6 Å². The summed E-state index contributed by atoms with van der Waals surface area (Å²) in [6.45, 7) is 6.77. The van der Waals surface area contributed by atoms with E-state index in [1.807, 2.05) is 20.8 Å². The van der Waals surface area contributed by atoms with Gasteiger partial charge in [-0.2, -0.15) is 0 Å². The lowest BCUT2D eigenvalue weighted by atomic mass is 9.92. The molecule has 0 aliphatic carbocycles. The Morgan fingerprint density at radius 3 is 2.41 bits per heavy atom. The largest absolute Gasteiger partial charge is 0.310 e. The van der Waals surface area contributed by atoms with Crippen LogP contribution in [0.15, 0.2) is 16.6 Å². The van der Waals surface area contributed by atoms with Crippen LogP contribution in [0.5, 0.6) is 0 Å². The van der Waals surface area contributed by atoms with Crippen LogP contribution >= 0.6 is 15.9 Å². The molecule has 1 aromatic rings. The molecule has 0 amide bonds. The van der Waals surface area contributed by atoms with Gasteiger partial charge in [-0.05, 0) is 40.5 Å². The minimum Gasteiger partial charge on any atom is -0.310 e. The van der Waals surface area contributed by atoms with Crippen molar-refractivity contribution < 1.29 is 8.78 Å². The third kappa shape index (κ3) is 3.49. The van der Waals surface area contributed by atoms with E-state index >= 15 is 0 Å². The number of halogens is 3. The van der Waals surface area contributed by atoms with Gasteiger partial charge >= 0.3 is 0 Å². The van der Waals surface area contributed by atoms with E-state index < -0.39 is 5.82 Å². The Balaban J connectivity index is 3.13. The zero-order valence-electron chi connectivity index (χ0n) is 10.4. The van der Waals surface area contributed by atoms with Crippen LogP contribution < -0.4 is 5.32 Å². The van der Waals surface area contributed by atoms with Crippen molar-refractivity contribution in [2.24, 2.45) is 5.92 Å². The van der Waals surface area contributed by atoms with E-state index in [0.717, 1.165) is 13.0 Å². The molecule has 1 N–H and O–H groups in total. The standard InChI is InChI=1S/C13H18BrF2N/c1-4-8(3)13(17-5-2)9-6-12(16)10(14)7-11(9)15/h6-8,13,17H,4-5H2,1-3H3. The van der Waals surface area contributed by atoms with Gasteiger partial charge in [0, 0.05) is 11.6 Å². The molecular weight excluding hydrogens is 288 g/mol. The van der Waals surface area contributed by atoms with Crippen molar-refractivity contribution in [1.29, 1.82) is 0 Å². The third-order valence-corrected chi connectivity index (χ3v) is 3.62. The van der Waals surface area contributed by atoms with Gasteiger partial charge in [-0.25, -0.2) is 8.78 Å². The van der Waals surface area contributed by atoms with Crippen molar-refractivity contribution >= 4 is 15.9 Å². The van der Waals surface area contributed by atoms with E-state index in [1.165, 1.54) is 12.1 Å². The van der Waals surface area contributed by atoms with Crippen LogP contribution in [0.4, 0.5) is 8.78 Å². The Hall–Kier alpha value is -0.480. The van der Waals surface area contributed by atoms with E-state index in [9.17, 15) is 8.78 Å². The van der Waals surface area contributed by atoms with E-state index in [4.69, 9.17) is 0 Å². The van der Waals surface area contributed by atoms with Crippen LogP contribution in [0, 0.1) is 17.6 Å². The lowest BCUT2D eigenvalue weighted by Crippen LogP contribution is -2.27. The summed E-state index contributed by atoms with van der Waals surface area (Å²) in [4.78, 5) is 0. The van der Waals surface area contributed by atoms with Crippen LogP contribution in [0.2, 0.25) is 0 Å². The minimum absolute atomic E-state index is 0.146. The fraction of sp³-hybridized carbons (Fsp3) is 0.538. The number of hydrogen-bond donors (Lipinski definition) is 1. The maximum Gasteiger partial charge on any atom is 0.137 e. The molecule has 0 aliphatic rings. The fourth-order valence-corrected chi connectivity index (χ4v) is 2.17. The highest BCUT2D eigenvalue weighted by Gasteiger charge is 2.21. The second kappa shape index (κ2) is 6.45. The summed E-state index contributed by atoms with van der Waals surface area (Å²) in [6.07, 6.45) is 0.911. The number of hydrogen-bond acceptors (Lipinski definition) is 1. The predicted octanol–water partition coefficient (Wildman–Crippen LogP) is 4.42. The lowest BCUT2D eigenvalue weighted by molar-refractivity contribution is 0.370. The molecule has 96 valence electrons. The van der Waals surface area contributed by atoms with Crippen molar-refractivity contribution in [2.75, 3.05) is 6.54 Å². The van der Waals surface area contributed by atoms with Crippen LogP contribution in [0.25, 0.3) is 0 Å². The van der Waals surface area contributed by atoms with Gasteiger partial charge in [0.15, 0.2) is 0 Å². The average Bonchev–Trinajstić information content (AvgIpc) is 2.30. The summed E-state index contributed by atoms with van der Waals surface area (Å²) < 4.78 is 27.5. The molecule has 4 heteroatoms. The SMILES string of the molecule is CCNC(c1cc(F)c(Br)cc1F)C(C)CC. The Morgan fingerprint density at radius 2 is 1.88 bits per heavy atom. The number of nitrogens with one attached hydrogen (secondary N) is 1. The van der Waals surface area contributed by atoms with E-state index in [1.54, 1.807) is 0 Å². The number of rotatable bonds is 5. The molecule has 0 saturated heterocycles. The van der Waals surface area contributed by atoms with Gasteiger partial charge in [0.05, 0.1) is 4.47 Å². The molecule has 2 unspecified atom stereocenters. The van der Waals surface area contributed by atoms with Gasteiger partial charge in [0.2, 0.25) is 0 Å². The molecule has 0 aromatic heterocycles. The summed E-state index contributed by atoms with van der Waals surface area (Å²) in [5.41, 5.74) is 0.405. The number of benzene rings is 1. The minimum atomic E-state index is -0.424. The molecule has 0 heterocycles. The van der Waals surface area contributed by atoms with Gasteiger partial charge in [-0.15, -0.1) is 0 Å². The maximum absolute atomic E-state index is 13.9. The predicted molar refractivity (Wildman–Crippen MR) is 69.9 cm³/mol. The smallest absolute Gasteiger partial charge is 0.137 e. The van der Waals surface area contributed by atoms with Gasteiger partial charge in [-0.1, -0.05) is 27.2 Å². The molecule has 0 radical (unpaired) electrons. The summed E-state index contributed by atoms with van der Waals surface area (Å²) in [6, 6.07) is 2.32. The molecule has 0 saturated carbocycles. The first-order chi connectivity index (χ1) is 8.01. The van der Waals surface area contributed by atoms with Crippen LogP contribution in [-0.4, -0.2) is 6.54 Å². The molecule has 1 aromatic carbocycles. The molecule has 0 aliphatic heterocycles. The topological polar surface area (TPSA) is 12.0 Å². The first-order valence-electron chi connectivity index (χ1n) is 5.89. The monoisotopic (exact) mass is 305 g/mol. The molecule has 2 atom stereocenters. The Kier molecular flexibility index (Phi) is 5.53. The van der Waals surface area contributed by atoms with Crippen LogP contribution in [0.1, 0.15) is 38.8 Å². The molecular formula is C13H18BrF2N. The quantitative estimate of drug-likeness (QED) is 0.794. The Labute approximate surface area is 110 Å². The van der Waals surface area contributed by atoms with Gasteiger partial charge < -0.3 is 5.32 Å².